The van der Waals surface area contributed by atoms with Crippen LogP contribution in [0, 0.1) is 0 Å². The van der Waals surface area contributed by atoms with Gasteiger partial charge < -0.3 is 10.7 Å². The predicted molar refractivity (Wildman–Crippen MR) is 31.8 cm³/mol. The van der Waals surface area contributed by atoms with Gasteiger partial charge >= 0.3 is 0 Å². The third-order valence-electron chi connectivity index (χ3n) is 0.773. The van der Waals surface area contributed by atoms with E-state index in [2.05, 4.69) is 9.97 Å². The van der Waals surface area contributed by atoms with Crippen LogP contribution in [0.15, 0.2) is 18.6 Å². The molecule has 1 rings (SSSR count). The number of aromatic amines is 1. The first kappa shape index (κ1) is 4.90. The Morgan fingerprint density at radius 3 is 3.12 bits per heavy atom. The van der Waals surface area contributed by atoms with E-state index in [-0.39, 0.29) is 0 Å². The lowest BCUT2D eigenvalue weighted by molar-refractivity contribution is 1.26. The molecule has 42 valence electrons. The Labute approximate surface area is 47.2 Å². The molecule has 1 aromatic rings. The maximum Gasteiger partial charge on any atom is 0.131 e. The SMILES string of the molecule is N/C=C\c1ncc[nH]1. The Hall–Kier alpha value is -1.25. The van der Waals surface area contributed by atoms with Gasteiger partial charge in [-0.15, -0.1) is 0 Å². The average Bonchev–Trinajstić information content (AvgIpc) is 2.19. The molecule has 3 heteroatoms. The summed E-state index contributed by atoms with van der Waals surface area (Å²) in [7, 11) is 0. The van der Waals surface area contributed by atoms with Crippen LogP contribution in [0.1, 0.15) is 5.82 Å². The molecule has 0 unspecified atom stereocenters. The molecule has 0 bridgehead atoms. The van der Waals surface area contributed by atoms with Crippen molar-refractivity contribution in [2.24, 2.45) is 5.73 Å². The van der Waals surface area contributed by atoms with E-state index in [1.54, 1.807) is 18.5 Å². The molecule has 0 fully saturated rings. The Bertz CT molecular complexity index is 164. The Morgan fingerprint density at radius 1 is 1.75 bits per heavy atom. The number of nitrogens with zero attached hydrogens (tertiary/aromatic N) is 1. The third kappa shape index (κ3) is 0.872. The largest absolute Gasteiger partial charge is 0.404 e. The van der Waals surface area contributed by atoms with E-state index < -0.39 is 0 Å². The number of hydrogen-bond donors (Lipinski definition) is 2. The van der Waals surface area contributed by atoms with E-state index in [0.717, 1.165) is 5.82 Å². The van der Waals surface area contributed by atoms with Gasteiger partial charge in [-0.2, -0.15) is 0 Å². The molecule has 8 heavy (non-hydrogen) atoms. The van der Waals surface area contributed by atoms with Gasteiger partial charge in [0.15, 0.2) is 0 Å². The fourth-order valence-electron chi connectivity index (χ4n) is 0.460. The highest BCUT2D eigenvalue weighted by molar-refractivity contribution is 5.37. The third-order valence-corrected chi connectivity index (χ3v) is 0.773. The van der Waals surface area contributed by atoms with E-state index in [1.165, 1.54) is 6.20 Å². The van der Waals surface area contributed by atoms with Crippen LogP contribution in [0.25, 0.3) is 6.08 Å². The summed E-state index contributed by atoms with van der Waals surface area (Å²) in [5, 5.41) is 0. The Kier molecular flexibility index (Phi) is 1.32. The van der Waals surface area contributed by atoms with Crippen LogP contribution in [0.4, 0.5) is 0 Å². The summed E-state index contributed by atoms with van der Waals surface area (Å²) in [6, 6.07) is 0. The lowest BCUT2D eigenvalue weighted by Gasteiger charge is -1.76. The maximum absolute atomic E-state index is 5.08. The first-order valence-electron chi connectivity index (χ1n) is 2.31. The summed E-state index contributed by atoms with van der Waals surface area (Å²) in [5.41, 5.74) is 5.08. The summed E-state index contributed by atoms with van der Waals surface area (Å²) < 4.78 is 0. The Morgan fingerprint density at radius 2 is 2.62 bits per heavy atom. The summed E-state index contributed by atoms with van der Waals surface area (Å²) in [6.45, 7) is 0. The normalized spacial score (nSPS) is 10.5. The minimum atomic E-state index is 0.785. The highest BCUT2D eigenvalue weighted by Gasteiger charge is 1.80. The molecule has 3 N–H and O–H groups in total. The van der Waals surface area contributed by atoms with Crippen molar-refractivity contribution in [3.8, 4) is 0 Å². The van der Waals surface area contributed by atoms with E-state index >= 15 is 0 Å². The van der Waals surface area contributed by atoms with Crippen molar-refractivity contribution >= 4 is 6.08 Å². The van der Waals surface area contributed by atoms with E-state index in [0.29, 0.717) is 0 Å². The maximum atomic E-state index is 5.08. The fraction of sp³-hybridized carbons (Fsp3) is 0. The number of nitrogens with two attached hydrogens (primary N) is 1. The molecule has 0 spiro atoms. The van der Waals surface area contributed by atoms with Crippen LogP contribution in [-0.4, -0.2) is 9.97 Å². The van der Waals surface area contributed by atoms with Gasteiger partial charge in [-0.1, -0.05) is 0 Å². The van der Waals surface area contributed by atoms with Crippen molar-refractivity contribution in [2.75, 3.05) is 0 Å². The molecule has 0 aliphatic heterocycles. The molecule has 0 aromatic carbocycles. The second-order valence-electron chi connectivity index (χ2n) is 1.33. The van der Waals surface area contributed by atoms with Crippen molar-refractivity contribution in [3.05, 3.63) is 24.4 Å². The first-order valence-corrected chi connectivity index (χ1v) is 2.31. The smallest absolute Gasteiger partial charge is 0.131 e. The van der Waals surface area contributed by atoms with Crippen LogP contribution >= 0.6 is 0 Å². The van der Waals surface area contributed by atoms with Crippen LogP contribution in [0.2, 0.25) is 0 Å². The van der Waals surface area contributed by atoms with Gasteiger partial charge in [0, 0.05) is 12.4 Å². The molecular formula is C5H7N3. The van der Waals surface area contributed by atoms with Gasteiger partial charge in [0.2, 0.25) is 0 Å². The molecule has 0 amide bonds. The van der Waals surface area contributed by atoms with Crippen molar-refractivity contribution < 1.29 is 0 Å². The zero-order valence-electron chi connectivity index (χ0n) is 4.33. The van der Waals surface area contributed by atoms with Gasteiger partial charge in [0.25, 0.3) is 0 Å². The molecule has 0 atom stereocenters. The summed E-state index contributed by atoms with van der Waals surface area (Å²) in [6.07, 6.45) is 6.56. The lowest BCUT2D eigenvalue weighted by atomic mass is 10.6. The number of rotatable bonds is 1. The second-order valence-corrected chi connectivity index (χ2v) is 1.33. The lowest BCUT2D eigenvalue weighted by Crippen LogP contribution is -1.78. The van der Waals surface area contributed by atoms with Crippen molar-refractivity contribution in [2.45, 2.75) is 0 Å². The molecular weight excluding hydrogens is 102 g/mol. The zero-order valence-corrected chi connectivity index (χ0v) is 4.33. The van der Waals surface area contributed by atoms with Crippen LogP contribution in [-0.2, 0) is 0 Å². The number of nitrogens with one attached hydrogen (secondary N) is 1. The first-order chi connectivity index (χ1) is 3.93. The highest BCUT2D eigenvalue weighted by Crippen LogP contribution is 1.87. The summed E-state index contributed by atoms with van der Waals surface area (Å²) in [4.78, 5) is 6.74. The summed E-state index contributed by atoms with van der Waals surface area (Å²) >= 11 is 0. The quantitative estimate of drug-likeness (QED) is 0.546. The zero-order chi connectivity index (χ0) is 5.82. The number of aromatic nitrogens is 2. The fourth-order valence-corrected chi connectivity index (χ4v) is 0.460. The van der Waals surface area contributed by atoms with Gasteiger partial charge in [-0.3, -0.25) is 0 Å². The number of imidazole rings is 1. The molecule has 3 nitrogen and oxygen atoms in total. The molecule has 0 aliphatic rings. The monoisotopic (exact) mass is 109 g/mol. The van der Waals surface area contributed by atoms with Crippen molar-refractivity contribution in [1.82, 2.24) is 9.97 Å². The summed E-state index contributed by atoms with van der Waals surface area (Å²) in [5.74, 6) is 0.785. The van der Waals surface area contributed by atoms with Crippen molar-refractivity contribution in [3.63, 3.8) is 0 Å². The average molecular weight is 109 g/mol. The van der Waals surface area contributed by atoms with Gasteiger partial charge in [-0.05, 0) is 12.3 Å². The van der Waals surface area contributed by atoms with Crippen LogP contribution in [0.5, 0.6) is 0 Å². The molecule has 1 aromatic heterocycles. The second kappa shape index (κ2) is 2.16. The molecule has 0 aliphatic carbocycles. The van der Waals surface area contributed by atoms with Gasteiger partial charge in [-0.25, -0.2) is 4.98 Å². The molecule has 1 heterocycles. The van der Waals surface area contributed by atoms with Crippen molar-refractivity contribution in [1.29, 1.82) is 0 Å². The van der Waals surface area contributed by atoms with Gasteiger partial charge in [0.05, 0.1) is 0 Å². The molecule has 0 saturated carbocycles. The van der Waals surface area contributed by atoms with Crippen LogP contribution < -0.4 is 5.73 Å². The van der Waals surface area contributed by atoms with E-state index in [4.69, 9.17) is 5.73 Å². The standard InChI is InChI=1S/C5H7N3/c6-2-1-5-7-3-4-8-5/h1-4H,6H2,(H,7,8)/b2-1-. The minimum Gasteiger partial charge on any atom is -0.404 e. The molecule has 0 radical (unpaired) electrons. The van der Waals surface area contributed by atoms with E-state index in [1.807, 2.05) is 0 Å². The minimum absolute atomic E-state index is 0.785. The van der Waals surface area contributed by atoms with E-state index in [9.17, 15) is 0 Å². The highest BCUT2D eigenvalue weighted by atomic mass is 14.9. The number of H-pyrrole nitrogens is 1. The van der Waals surface area contributed by atoms with Crippen LogP contribution in [0.3, 0.4) is 0 Å². The number of hydrogen-bond acceptors (Lipinski definition) is 2. The van der Waals surface area contributed by atoms with Gasteiger partial charge in [0.1, 0.15) is 5.82 Å². The Balaban J connectivity index is 2.77. The topological polar surface area (TPSA) is 54.7 Å². The predicted octanol–water partition coefficient (Wildman–Crippen LogP) is 0.339. The molecule has 0 saturated heterocycles.